The molecule has 0 aromatic carbocycles. The van der Waals surface area contributed by atoms with Crippen LogP contribution in [-0.4, -0.2) is 10.5 Å². The molecule has 4 heteroatoms. The third-order valence-electron chi connectivity index (χ3n) is 12.9. The molecular formula is C32H50N2S2. The lowest BCUT2D eigenvalue weighted by atomic mass is 9.50. The summed E-state index contributed by atoms with van der Waals surface area (Å²) in [5.41, 5.74) is 2.02. The number of nitriles is 2. The second-order valence-corrected chi connectivity index (χ2v) is 18.0. The van der Waals surface area contributed by atoms with Crippen LogP contribution in [0.5, 0.6) is 0 Å². The van der Waals surface area contributed by atoms with Crippen molar-refractivity contribution in [2.75, 3.05) is 0 Å². The van der Waals surface area contributed by atoms with Gasteiger partial charge >= 0.3 is 0 Å². The molecular weight excluding hydrogens is 477 g/mol. The Morgan fingerprint density at radius 1 is 0.611 bits per heavy atom. The Kier molecular flexibility index (Phi) is 6.90. The number of nitrogens with zero attached hydrogens (tertiary/aromatic N) is 2. The molecule has 36 heavy (non-hydrogen) atoms. The number of hydrogen-bond donors (Lipinski definition) is 0. The monoisotopic (exact) mass is 526 g/mol. The number of hydrogen-bond acceptors (Lipinski definition) is 4. The first-order valence-corrected chi connectivity index (χ1v) is 16.6. The summed E-state index contributed by atoms with van der Waals surface area (Å²) in [5.74, 6) is 7.25. The van der Waals surface area contributed by atoms with Gasteiger partial charge in [0.2, 0.25) is 0 Å². The molecule has 0 N–H and O–H groups in total. The Morgan fingerprint density at radius 3 is 1.25 bits per heavy atom. The van der Waals surface area contributed by atoms with E-state index in [9.17, 15) is 0 Å². The van der Waals surface area contributed by atoms with Crippen LogP contribution >= 0.6 is 23.5 Å². The quantitative estimate of drug-likeness (QED) is 0.342. The molecule has 8 rings (SSSR count). The van der Waals surface area contributed by atoms with Crippen molar-refractivity contribution < 1.29 is 0 Å². The van der Waals surface area contributed by atoms with E-state index in [0.29, 0.717) is 32.2 Å². The van der Waals surface area contributed by atoms with E-state index in [2.05, 4.69) is 66.2 Å². The normalized spacial score (nSPS) is 53.8. The molecule has 200 valence electrons. The molecule has 0 amide bonds. The average molecular weight is 527 g/mol. The molecule has 8 aliphatic rings. The predicted octanol–water partition coefficient (Wildman–Crippen LogP) is 9.38. The largest absolute Gasteiger partial charge is 0.185 e. The zero-order chi connectivity index (χ0) is 26.3. The second kappa shape index (κ2) is 9.12. The number of thiocyanates is 2. The fraction of sp³-hybridized carbons (Fsp3) is 0.938. The lowest BCUT2D eigenvalue weighted by Gasteiger charge is -2.58. The van der Waals surface area contributed by atoms with Crippen molar-refractivity contribution >= 4 is 23.5 Å². The highest BCUT2D eigenvalue weighted by atomic mass is 32.2. The van der Waals surface area contributed by atoms with Crippen LogP contribution in [0.2, 0.25) is 0 Å². The van der Waals surface area contributed by atoms with Gasteiger partial charge in [0, 0.05) is 10.5 Å². The molecule has 0 aromatic heterocycles. The van der Waals surface area contributed by atoms with E-state index in [0.717, 1.165) is 47.3 Å². The van der Waals surface area contributed by atoms with E-state index in [1.54, 1.807) is 23.5 Å². The summed E-state index contributed by atoms with van der Waals surface area (Å²) in [6, 6.07) is 0. The Labute approximate surface area is 230 Å². The summed E-state index contributed by atoms with van der Waals surface area (Å²) in [7, 11) is 0. The standard InChI is InChI=1S/2C16H25NS/c2*1-10(2)11-6-15(3)8-16(4)7-12(11)13(15)5-14(16)18-9-17/h2*10-14H,5-8H2,1-4H3/t11-,12+,13-,14+,15+,16-;11-,12+,13-,14-,15+,16-/m00/s1. The summed E-state index contributed by atoms with van der Waals surface area (Å²) >= 11 is 3.12. The van der Waals surface area contributed by atoms with E-state index >= 15 is 0 Å². The van der Waals surface area contributed by atoms with Crippen molar-refractivity contribution in [1.82, 2.24) is 0 Å². The number of rotatable bonds is 4. The number of thioether (sulfide) groups is 2. The Hall–Kier alpha value is -0.320. The highest BCUT2D eigenvalue weighted by Gasteiger charge is 2.65. The Morgan fingerprint density at radius 2 is 0.972 bits per heavy atom. The zero-order valence-corrected chi connectivity index (χ0v) is 25.8. The highest BCUT2D eigenvalue weighted by molar-refractivity contribution is 8.04. The van der Waals surface area contributed by atoms with Gasteiger partial charge in [-0.1, -0.05) is 55.4 Å². The first-order valence-electron chi connectivity index (χ1n) is 14.9. The third kappa shape index (κ3) is 4.10. The van der Waals surface area contributed by atoms with Crippen LogP contribution in [0.25, 0.3) is 0 Å². The van der Waals surface area contributed by atoms with Gasteiger partial charge in [-0.3, -0.25) is 0 Å². The maximum absolute atomic E-state index is 9.03. The van der Waals surface area contributed by atoms with Gasteiger partial charge in [0.05, 0.1) is 0 Å². The van der Waals surface area contributed by atoms with Crippen LogP contribution in [-0.2, 0) is 0 Å². The van der Waals surface area contributed by atoms with Gasteiger partial charge in [0.25, 0.3) is 0 Å². The van der Waals surface area contributed by atoms with Crippen LogP contribution in [0, 0.1) is 90.3 Å². The fourth-order valence-corrected chi connectivity index (χ4v) is 13.6. The van der Waals surface area contributed by atoms with Gasteiger partial charge in [-0.25, -0.2) is 0 Å². The van der Waals surface area contributed by atoms with Crippen LogP contribution in [0.4, 0.5) is 0 Å². The summed E-state index contributed by atoms with van der Waals surface area (Å²) in [6.07, 6.45) is 11.0. The Balaban J connectivity index is 0.000000148. The SMILES string of the molecule is CC(C)[C@@H]1C[C@]2(C)C[C@]3(C)C[C@H]1[C@@H]2C[C@@H]3SC#N.CC(C)[C@@H]1C[C@]2(C)C[C@]3(C)C[C@H]1[C@@H]2C[C@H]3SC#N. The third-order valence-corrected chi connectivity index (χ3v) is 15.2. The lowest BCUT2D eigenvalue weighted by molar-refractivity contribution is -0.0380. The lowest BCUT2D eigenvalue weighted by Crippen LogP contribution is -2.52. The van der Waals surface area contributed by atoms with Crippen molar-refractivity contribution in [3.05, 3.63) is 0 Å². The fourth-order valence-electron chi connectivity index (χ4n) is 11.8. The molecule has 0 spiro atoms. The molecule has 8 saturated carbocycles. The first-order chi connectivity index (χ1) is 16.8. The summed E-state index contributed by atoms with van der Waals surface area (Å²) in [6.45, 7) is 19.6. The van der Waals surface area contributed by atoms with Crippen LogP contribution in [0.1, 0.15) is 107 Å². The topological polar surface area (TPSA) is 47.6 Å². The van der Waals surface area contributed by atoms with Crippen LogP contribution < -0.4 is 0 Å². The van der Waals surface area contributed by atoms with Gasteiger partial charge in [0.1, 0.15) is 10.8 Å². The zero-order valence-electron chi connectivity index (χ0n) is 24.1. The molecule has 0 aromatic rings. The maximum Gasteiger partial charge on any atom is 0.133 e. The highest BCUT2D eigenvalue weighted by Crippen LogP contribution is 2.73. The minimum Gasteiger partial charge on any atom is -0.185 e. The van der Waals surface area contributed by atoms with E-state index < -0.39 is 0 Å². The predicted molar refractivity (Wildman–Crippen MR) is 154 cm³/mol. The van der Waals surface area contributed by atoms with Gasteiger partial charge in [-0.15, -0.1) is 0 Å². The summed E-state index contributed by atoms with van der Waals surface area (Å²) < 4.78 is 0. The minimum absolute atomic E-state index is 0.429. The molecule has 8 fully saturated rings. The van der Waals surface area contributed by atoms with Gasteiger partial charge < -0.3 is 0 Å². The van der Waals surface area contributed by atoms with E-state index in [-0.39, 0.29) is 0 Å². The smallest absolute Gasteiger partial charge is 0.133 e. The van der Waals surface area contributed by atoms with Gasteiger partial charge in [0.15, 0.2) is 0 Å². The molecule has 0 aliphatic heterocycles. The van der Waals surface area contributed by atoms with Crippen LogP contribution in [0.3, 0.4) is 0 Å². The van der Waals surface area contributed by atoms with Crippen molar-refractivity contribution in [3.63, 3.8) is 0 Å². The van der Waals surface area contributed by atoms with Crippen molar-refractivity contribution in [1.29, 1.82) is 10.5 Å². The van der Waals surface area contributed by atoms with E-state index in [4.69, 9.17) is 10.5 Å². The molecule has 0 heterocycles. The van der Waals surface area contributed by atoms with Crippen molar-refractivity contribution in [2.24, 2.45) is 69.0 Å². The molecule has 0 radical (unpaired) electrons. The molecule has 2 nitrogen and oxygen atoms in total. The Bertz CT molecular complexity index is 873. The molecule has 8 bridgehead atoms. The van der Waals surface area contributed by atoms with Crippen molar-refractivity contribution in [3.8, 4) is 10.8 Å². The average Bonchev–Trinajstić information content (AvgIpc) is 3.10. The summed E-state index contributed by atoms with van der Waals surface area (Å²) in [5, 5.41) is 24.0. The summed E-state index contributed by atoms with van der Waals surface area (Å²) in [4.78, 5) is 0. The van der Waals surface area contributed by atoms with Crippen LogP contribution in [0.15, 0.2) is 0 Å². The molecule has 0 unspecified atom stereocenters. The van der Waals surface area contributed by atoms with Crippen molar-refractivity contribution in [2.45, 2.75) is 117 Å². The van der Waals surface area contributed by atoms with Gasteiger partial charge in [-0.2, -0.15) is 10.5 Å². The molecule has 12 atom stereocenters. The first kappa shape index (κ1) is 27.3. The van der Waals surface area contributed by atoms with Gasteiger partial charge in [-0.05, 0) is 144 Å². The van der Waals surface area contributed by atoms with E-state index in [1.165, 1.54) is 51.4 Å². The number of fused-ring (bicyclic) bond motifs is 2. The van der Waals surface area contributed by atoms with E-state index in [1.807, 2.05) is 0 Å². The second-order valence-electron chi connectivity index (χ2n) is 16.0. The minimum atomic E-state index is 0.429. The molecule has 0 saturated heterocycles. The molecule has 8 aliphatic carbocycles. The maximum atomic E-state index is 9.03.